The Bertz CT molecular complexity index is 969. The van der Waals surface area contributed by atoms with Crippen LogP contribution in [0.1, 0.15) is 43.7 Å². The maximum Gasteiger partial charge on any atom is 0.198 e. The first-order chi connectivity index (χ1) is 15.4. The van der Waals surface area contributed by atoms with Crippen molar-refractivity contribution < 1.29 is 22.3 Å². The molecule has 0 saturated carbocycles. The monoisotopic (exact) mass is 557 g/mol. The Labute approximate surface area is 199 Å². The largest absolute Gasteiger partial charge is 0.494 e. The van der Waals surface area contributed by atoms with E-state index in [9.17, 15) is 17.6 Å². The standard InChI is InChI=1S/C19H23NO.C6HF4I/c1-2-3-4-5-16-21-19-10-8-17(9-11-19)6-7-18-12-14-20-15-13-18;7-2-1-3(11)5(9)6(10)4(2)8/h6-15H,2-5,16H2,1H3;1H/b7-6+;. The summed E-state index contributed by atoms with van der Waals surface area (Å²) in [4.78, 5) is 4.01. The number of benzene rings is 2. The predicted molar refractivity (Wildman–Crippen MR) is 128 cm³/mol. The van der Waals surface area contributed by atoms with Crippen LogP contribution in [0.2, 0.25) is 0 Å². The number of ether oxygens (including phenoxy) is 1. The molecule has 1 heterocycles. The average molecular weight is 557 g/mol. The fourth-order valence-corrected chi connectivity index (χ4v) is 3.12. The summed E-state index contributed by atoms with van der Waals surface area (Å²) >= 11 is 1.37. The number of nitrogens with zero attached hydrogens (tertiary/aromatic N) is 1. The zero-order valence-electron chi connectivity index (χ0n) is 17.6. The Morgan fingerprint density at radius 1 is 0.812 bits per heavy atom. The van der Waals surface area contributed by atoms with E-state index < -0.39 is 23.3 Å². The quantitative estimate of drug-likeness (QED) is 0.0920. The van der Waals surface area contributed by atoms with Crippen LogP contribution >= 0.6 is 22.6 Å². The molecule has 1 aromatic heterocycles. The highest BCUT2D eigenvalue weighted by Crippen LogP contribution is 2.19. The third-order valence-corrected chi connectivity index (χ3v) is 5.16. The second-order valence-corrected chi connectivity index (χ2v) is 8.04. The minimum Gasteiger partial charge on any atom is -0.494 e. The zero-order chi connectivity index (χ0) is 23.3. The normalized spacial score (nSPS) is 10.7. The van der Waals surface area contributed by atoms with Crippen molar-refractivity contribution in [3.05, 3.63) is 92.8 Å². The summed E-state index contributed by atoms with van der Waals surface area (Å²) in [5.41, 5.74) is 2.33. The van der Waals surface area contributed by atoms with Crippen molar-refractivity contribution >= 4 is 34.7 Å². The molecule has 2 aromatic carbocycles. The number of pyridine rings is 1. The molecule has 0 bridgehead atoms. The minimum atomic E-state index is -1.78. The number of hydrogen-bond acceptors (Lipinski definition) is 2. The summed E-state index contributed by atoms with van der Waals surface area (Å²) in [6, 6.07) is 12.8. The molecule has 2 nitrogen and oxygen atoms in total. The van der Waals surface area contributed by atoms with Crippen LogP contribution in [0.3, 0.4) is 0 Å². The van der Waals surface area contributed by atoms with Gasteiger partial charge in [-0.25, -0.2) is 17.6 Å². The molecule has 7 heteroatoms. The highest BCUT2D eigenvalue weighted by molar-refractivity contribution is 14.1. The van der Waals surface area contributed by atoms with Crippen LogP contribution in [-0.4, -0.2) is 11.6 Å². The molecule has 0 fully saturated rings. The summed E-state index contributed by atoms with van der Waals surface area (Å²) in [5, 5.41) is 0. The fourth-order valence-electron chi connectivity index (χ4n) is 2.61. The van der Waals surface area contributed by atoms with Gasteiger partial charge in [0.15, 0.2) is 23.3 Å². The van der Waals surface area contributed by atoms with Crippen LogP contribution in [0.5, 0.6) is 5.75 Å². The lowest BCUT2D eigenvalue weighted by molar-refractivity contribution is 0.305. The molecule has 0 radical (unpaired) electrons. The van der Waals surface area contributed by atoms with Crippen molar-refractivity contribution in [3.8, 4) is 5.75 Å². The molecule has 0 aliphatic carbocycles. The topological polar surface area (TPSA) is 22.1 Å². The summed E-state index contributed by atoms with van der Waals surface area (Å²) in [7, 11) is 0. The SMILES string of the molecule is CCCCCCOc1ccc(/C=C/c2ccncc2)cc1.Fc1cc(I)c(F)c(F)c1F. The summed E-state index contributed by atoms with van der Waals surface area (Å²) in [6.45, 7) is 3.03. The van der Waals surface area contributed by atoms with Gasteiger partial charge in [-0.05, 0) is 70.5 Å². The Morgan fingerprint density at radius 3 is 2.06 bits per heavy atom. The molecule has 0 atom stereocenters. The van der Waals surface area contributed by atoms with Crippen molar-refractivity contribution in [3.63, 3.8) is 0 Å². The lowest BCUT2D eigenvalue weighted by atomic mass is 10.1. The Hall–Kier alpha value is -2.42. The first kappa shape index (κ1) is 25.8. The first-order valence-electron chi connectivity index (χ1n) is 10.2. The third kappa shape index (κ3) is 8.61. The smallest absolute Gasteiger partial charge is 0.198 e. The van der Waals surface area contributed by atoms with E-state index in [0.717, 1.165) is 24.3 Å². The maximum atomic E-state index is 12.4. The van der Waals surface area contributed by atoms with Crippen LogP contribution in [0, 0.1) is 26.8 Å². The molecule has 0 aliphatic rings. The summed E-state index contributed by atoms with van der Waals surface area (Å²) in [6.07, 6.45) is 12.7. The molecule has 0 unspecified atom stereocenters. The van der Waals surface area contributed by atoms with E-state index in [1.807, 2.05) is 24.3 Å². The highest BCUT2D eigenvalue weighted by Gasteiger charge is 2.16. The second kappa shape index (κ2) is 13.9. The number of rotatable bonds is 8. The number of halogens is 5. The molecular formula is C25H24F4INO. The van der Waals surface area contributed by atoms with Gasteiger partial charge >= 0.3 is 0 Å². The van der Waals surface area contributed by atoms with Gasteiger partial charge in [-0.2, -0.15) is 0 Å². The van der Waals surface area contributed by atoms with Gasteiger partial charge in [0, 0.05) is 12.4 Å². The predicted octanol–water partition coefficient (Wildman–Crippen LogP) is 8.06. The van der Waals surface area contributed by atoms with Gasteiger partial charge in [0.25, 0.3) is 0 Å². The number of hydrogen-bond donors (Lipinski definition) is 0. The van der Waals surface area contributed by atoms with Gasteiger partial charge in [-0.1, -0.05) is 50.5 Å². The lowest BCUT2D eigenvalue weighted by Crippen LogP contribution is -1.97. The summed E-state index contributed by atoms with van der Waals surface area (Å²) < 4.78 is 54.5. The van der Waals surface area contributed by atoms with Crippen molar-refractivity contribution in [2.75, 3.05) is 6.61 Å². The second-order valence-electron chi connectivity index (χ2n) is 6.87. The van der Waals surface area contributed by atoms with Crippen LogP contribution < -0.4 is 4.74 Å². The minimum absolute atomic E-state index is 0.279. The van der Waals surface area contributed by atoms with Crippen molar-refractivity contribution in [1.29, 1.82) is 0 Å². The third-order valence-electron chi connectivity index (χ3n) is 4.38. The molecular weight excluding hydrogens is 533 g/mol. The van der Waals surface area contributed by atoms with Gasteiger partial charge in [0.05, 0.1) is 10.2 Å². The van der Waals surface area contributed by atoms with E-state index in [4.69, 9.17) is 4.74 Å². The molecule has 32 heavy (non-hydrogen) atoms. The van der Waals surface area contributed by atoms with Crippen molar-refractivity contribution in [1.82, 2.24) is 4.98 Å². The number of unbranched alkanes of at least 4 members (excludes halogenated alkanes) is 3. The van der Waals surface area contributed by atoms with Crippen LogP contribution in [-0.2, 0) is 0 Å². The van der Waals surface area contributed by atoms with E-state index in [1.54, 1.807) is 12.4 Å². The van der Waals surface area contributed by atoms with Gasteiger partial charge in [0.2, 0.25) is 0 Å². The molecule has 3 aromatic rings. The number of aromatic nitrogens is 1. The summed E-state index contributed by atoms with van der Waals surface area (Å²) in [5.74, 6) is -5.33. The van der Waals surface area contributed by atoms with E-state index in [-0.39, 0.29) is 3.57 Å². The maximum absolute atomic E-state index is 12.4. The van der Waals surface area contributed by atoms with Gasteiger partial charge in [-0.15, -0.1) is 0 Å². The molecule has 0 amide bonds. The van der Waals surface area contributed by atoms with Crippen LogP contribution in [0.4, 0.5) is 17.6 Å². The zero-order valence-corrected chi connectivity index (χ0v) is 19.8. The molecule has 0 spiro atoms. The average Bonchev–Trinajstić information content (AvgIpc) is 2.82. The molecule has 170 valence electrons. The molecule has 0 N–H and O–H groups in total. The van der Waals surface area contributed by atoms with E-state index in [1.165, 1.54) is 47.4 Å². The van der Waals surface area contributed by atoms with Crippen molar-refractivity contribution in [2.24, 2.45) is 0 Å². The Kier molecular flexibility index (Phi) is 11.2. The van der Waals surface area contributed by atoms with Gasteiger partial charge in [0.1, 0.15) is 5.75 Å². The molecule has 0 saturated heterocycles. The lowest BCUT2D eigenvalue weighted by Gasteiger charge is -2.06. The Morgan fingerprint density at radius 2 is 1.44 bits per heavy atom. The Balaban J connectivity index is 0.000000278. The van der Waals surface area contributed by atoms with Gasteiger partial charge in [-0.3, -0.25) is 4.98 Å². The fraction of sp³-hybridized carbons (Fsp3) is 0.240. The van der Waals surface area contributed by atoms with Crippen LogP contribution in [0.15, 0.2) is 54.9 Å². The highest BCUT2D eigenvalue weighted by atomic mass is 127. The molecule has 0 aliphatic heterocycles. The van der Waals surface area contributed by atoms with Crippen LogP contribution in [0.25, 0.3) is 12.2 Å². The van der Waals surface area contributed by atoms with E-state index >= 15 is 0 Å². The molecule has 3 rings (SSSR count). The van der Waals surface area contributed by atoms with Gasteiger partial charge < -0.3 is 4.74 Å². The van der Waals surface area contributed by atoms with E-state index in [0.29, 0.717) is 6.07 Å². The van der Waals surface area contributed by atoms with E-state index in [2.05, 4.69) is 36.2 Å². The van der Waals surface area contributed by atoms with Crippen molar-refractivity contribution in [2.45, 2.75) is 32.6 Å². The first-order valence-corrected chi connectivity index (χ1v) is 11.3.